The summed E-state index contributed by atoms with van der Waals surface area (Å²) in [4.78, 5) is 25.5. The highest BCUT2D eigenvalue weighted by Gasteiger charge is 2.51. The second-order valence-corrected chi connectivity index (χ2v) is 9.61. The van der Waals surface area contributed by atoms with E-state index in [1.807, 2.05) is 0 Å². The number of hydrogen-bond donors (Lipinski definition) is 1. The van der Waals surface area contributed by atoms with Crippen LogP contribution in [-0.2, 0) is 23.7 Å². The Balaban J connectivity index is 1.88. The van der Waals surface area contributed by atoms with Crippen LogP contribution >= 0.6 is 34.8 Å². The molecule has 0 spiro atoms. The molecule has 182 valence electrons. The van der Waals surface area contributed by atoms with E-state index in [-0.39, 0.29) is 5.56 Å². The summed E-state index contributed by atoms with van der Waals surface area (Å²) < 4.78 is 25.9. The minimum atomic E-state index is -2.18. The van der Waals surface area contributed by atoms with Gasteiger partial charge in [-0.1, -0.05) is 71.2 Å². The van der Waals surface area contributed by atoms with Crippen LogP contribution in [0, 0.1) is 5.41 Å². The molecule has 0 amide bonds. The Labute approximate surface area is 211 Å². The van der Waals surface area contributed by atoms with Crippen molar-refractivity contribution in [2.45, 2.75) is 41.4 Å². The first-order valence-electron chi connectivity index (χ1n) is 10.1. The third-order valence-electron chi connectivity index (χ3n) is 5.00. The van der Waals surface area contributed by atoms with E-state index in [1.165, 1.54) is 7.11 Å². The lowest BCUT2D eigenvalue weighted by Crippen LogP contribution is -2.61. The third kappa shape index (κ3) is 6.40. The lowest BCUT2D eigenvalue weighted by Gasteiger charge is -2.43. The number of rotatable bonds is 6. The highest BCUT2D eigenvalue weighted by Crippen LogP contribution is 2.33. The first-order valence-corrected chi connectivity index (χ1v) is 11.3. The predicted octanol–water partition coefficient (Wildman–Crippen LogP) is 4.56. The molecule has 0 unspecified atom stereocenters. The van der Waals surface area contributed by atoms with Gasteiger partial charge in [0.25, 0.3) is 3.79 Å². The van der Waals surface area contributed by atoms with E-state index in [1.54, 1.807) is 67.6 Å². The Morgan fingerprint density at radius 1 is 0.824 bits per heavy atom. The maximum absolute atomic E-state index is 12.8. The molecule has 34 heavy (non-hydrogen) atoms. The van der Waals surface area contributed by atoms with Gasteiger partial charge in [0.2, 0.25) is 12.2 Å². The molecule has 2 aromatic carbocycles. The summed E-state index contributed by atoms with van der Waals surface area (Å²) in [7, 11) is 1.35. The zero-order chi connectivity index (χ0) is 24.9. The van der Waals surface area contributed by atoms with Crippen molar-refractivity contribution < 1.29 is 33.3 Å². The first kappa shape index (κ1) is 26.2. The van der Waals surface area contributed by atoms with Crippen LogP contribution in [0.1, 0.15) is 27.6 Å². The van der Waals surface area contributed by atoms with Gasteiger partial charge < -0.3 is 23.7 Å². The average Bonchev–Trinajstić information content (AvgIpc) is 2.82. The van der Waals surface area contributed by atoms with Crippen molar-refractivity contribution in [3.63, 3.8) is 0 Å². The number of carbonyl (C=O) groups is 2. The topological polar surface area (TPSA) is 104 Å². The van der Waals surface area contributed by atoms with Crippen molar-refractivity contribution >= 4 is 52.6 Å². The van der Waals surface area contributed by atoms with Gasteiger partial charge in [0.05, 0.1) is 17.2 Å². The number of carbonyl (C=O) groups excluding carboxylic acids is 2. The summed E-state index contributed by atoms with van der Waals surface area (Å²) in [6.45, 7) is 1.61. The van der Waals surface area contributed by atoms with E-state index in [4.69, 9.17) is 63.9 Å². The fourth-order valence-electron chi connectivity index (χ4n) is 3.34. The monoisotopic (exact) mass is 529 g/mol. The standard InChI is InChI=1S/C23H22Cl3NO7/c1-13-16(32-19(28)14-9-5-3-6-10-14)17(30-2)18(21(31-13)34-22(27)23(24,25)26)33-20(29)15-11-7-4-8-12-15/h3-13,16-18,21,27H,1-2H3/t13-,16-,17+,18+,21-/m0/s1. The second kappa shape index (κ2) is 11.4. The molecule has 0 radical (unpaired) electrons. The minimum absolute atomic E-state index is 0.254. The van der Waals surface area contributed by atoms with E-state index in [9.17, 15) is 9.59 Å². The van der Waals surface area contributed by atoms with Crippen LogP contribution in [0.15, 0.2) is 60.7 Å². The highest BCUT2D eigenvalue weighted by molar-refractivity contribution is 6.76. The molecular formula is C23H22Cl3NO7. The third-order valence-corrected chi connectivity index (χ3v) is 5.51. The molecule has 0 saturated carbocycles. The van der Waals surface area contributed by atoms with Crippen LogP contribution in [0.4, 0.5) is 0 Å². The van der Waals surface area contributed by atoms with E-state index >= 15 is 0 Å². The number of hydrogen-bond acceptors (Lipinski definition) is 8. The maximum atomic E-state index is 12.8. The summed E-state index contributed by atoms with van der Waals surface area (Å²) in [5, 5.41) is 7.91. The Kier molecular flexibility index (Phi) is 8.78. The van der Waals surface area contributed by atoms with E-state index in [0.717, 1.165) is 0 Å². The quantitative estimate of drug-likeness (QED) is 0.253. The summed E-state index contributed by atoms with van der Waals surface area (Å²) in [5.74, 6) is -2.08. The Morgan fingerprint density at radius 3 is 1.74 bits per heavy atom. The highest BCUT2D eigenvalue weighted by atomic mass is 35.6. The fraction of sp³-hybridized carbons (Fsp3) is 0.348. The smallest absolute Gasteiger partial charge is 0.338 e. The van der Waals surface area contributed by atoms with Gasteiger partial charge in [-0.05, 0) is 31.2 Å². The van der Waals surface area contributed by atoms with Gasteiger partial charge in [0.15, 0.2) is 12.2 Å². The molecule has 1 fully saturated rings. The predicted molar refractivity (Wildman–Crippen MR) is 126 cm³/mol. The Hall–Kier alpha value is -2.36. The molecule has 2 aromatic rings. The van der Waals surface area contributed by atoms with Gasteiger partial charge in [-0.2, -0.15) is 0 Å². The largest absolute Gasteiger partial charge is 0.453 e. The molecule has 1 N–H and O–H groups in total. The zero-order valence-corrected chi connectivity index (χ0v) is 20.4. The number of esters is 2. The van der Waals surface area contributed by atoms with Crippen LogP contribution in [0.5, 0.6) is 0 Å². The number of methoxy groups -OCH3 is 1. The molecule has 3 rings (SSSR count). The summed E-state index contributed by atoms with van der Waals surface area (Å²) >= 11 is 17.2. The summed E-state index contributed by atoms with van der Waals surface area (Å²) in [6, 6.07) is 16.5. The minimum Gasteiger partial charge on any atom is -0.453 e. The number of benzene rings is 2. The number of halogens is 3. The van der Waals surface area contributed by atoms with Gasteiger partial charge in [-0.3, -0.25) is 5.41 Å². The van der Waals surface area contributed by atoms with Crippen molar-refractivity contribution in [1.29, 1.82) is 5.41 Å². The Bertz CT molecular complexity index is 1000. The normalized spacial score (nSPS) is 24.7. The lowest BCUT2D eigenvalue weighted by molar-refractivity contribution is -0.275. The van der Waals surface area contributed by atoms with Crippen LogP contribution < -0.4 is 0 Å². The average molecular weight is 531 g/mol. The van der Waals surface area contributed by atoms with Crippen LogP contribution in [0.3, 0.4) is 0 Å². The molecule has 1 aliphatic rings. The van der Waals surface area contributed by atoms with Crippen molar-refractivity contribution in [2.75, 3.05) is 7.11 Å². The Morgan fingerprint density at radius 2 is 1.29 bits per heavy atom. The lowest BCUT2D eigenvalue weighted by atomic mass is 9.98. The first-order chi connectivity index (χ1) is 16.1. The SMILES string of the molecule is CO[C@@H]1[C@@H](OC(=O)c2ccccc2)[C@H](C)O[C@@H](OC(=N)C(Cl)(Cl)Cl)[C@@H]1OC(=O)c1ccccc1. The van der Waals surface area contributed by atoms with Crippen molar-refractivity contribution in [2.24, 2.45) is 0 Å². The zero-order valence-electron chi connectivity index (χ0n) is 18.2. The molecule has 0 aliphatic carbocycles. The molecule has 1 heterocycles. The molecule has 1 saturated heterocycles. The van der Waals surface area contributed by atoms with Crippen molar-refractivity contribution in [1.82, 2.24) is 0 Å². The molecule has 11 heteroatoms. The fourth-order valence-corrected chi connectivity index (χ4v) is 3.47. The number of ether oxygens (including phenoxy) is 5. The summed E-state index contributed by atoms with van der Waals surface area (Å²) in [6.07, 6.45) is -5.49. The van der Waals surface area contributed by atoms with Gasteiger partial charge in [0.1, 0.15) is 6.10 Å². The van der Waals surface area contributed by atoms with Gasteiger partial charge in [0, 0.05) is 7.11 Å². The van der Waals surface area contributed by atoms with Gasteiger partial charge >= 0.3 is 11.9 Å². The van der Waals surface area contributed by atoms with Crippen molar-refractivity contribution in [3.8, 4) is 0 Å². The molecule has 5 atom stereocenters. The van der Waals surface area contributed by atoms with Crippen LogP contribution in [0.2, 0.25) is 0 Å². The number of alkyl halides is 3. The van der Waals surface area contributed by atoms with Crippen LogP contribution in [-0.4, -0.2) is 59.4 Å². The number of nitrogens with one attached hydrogen (secondary N) is 1. The maximum Gasteiger partial charge on any atom is 0.338 e. The van der Waals surface area contributed by atoms with E-state index in [2.05, 4.69) is 0 Å². The molecular weight excluding hydrogens is 509 g/mol. The van der Waals surface area contributed by atoms with Crippen molar-refractivity contribution in [3.05, 3.63) is 71.8 Å². The van der Waals surface area contributed by atoms with Gasteiger partial charge in [-0.25, -0.2) is 9.59 Å². The van der Waals surface area contributed by atoms with E-state index in [0.29, 0.717) is 5.56 Å². The van der Waals surface area contributed by atoms with Crippen LogP contribution in [0.25, 0.3) is 0 Å². The van der Waals surface area contributed by atoms with Gasteiger partial charge in [-0.15, -0.1) is 0 Å². The van der Waals surface area contributed by atoms with E-state index < -0.39 is 52.3 Å². The second-order valence-electron chi connectivity index (χ2n) is 7.33. The molecule has 1 aliphatic heterocycles. The molecule has 8 nitrogen and oxygen atoms in total. The molecule has 0 aromatic heterocycles. The summed E-state index contributed by atoms with van der Waals surface area (Å²) in [5.41, 5.74) is 0.572. The molecule has 0 bridgehead atoms.